The quantitative estimate of drug-likeness (QED) is 0.872. The highest BCUT2D eigenvalue weighted by Gasteiger charge is 2.44. The van der Waals surface area contributed by atoms with Gasteiger partial charge < -0.3 is 10.4 Å². The zero-order valence-corrected chi connectivity index (χ0v) is 9.92. The number of carboxylic acids is 1. The average molecular weight is 282 g/mol. The third-order valence-corrected chi connectivity index (χ3v) is 2.54. The van der Waals surface area contributed by atoms with Crippen LogP contribution in [0.15, 0.2) is 24.3 Å². The zero-order valence-electron chi connectivity index (χ0n) is 9.17. The van der Waals surface area contributed by atoms with Crippen molar-refractivity contribution in [3.05, 3.63) is 34.9 Å². The Hall–Kier alpha value is -1.27. The molecule has 18 heavy (non-hydrogen) atoms. The first-order valence-corrected chi connectivity index (χ1v) is 5.43. The second kappa shape index (κ2) is 6.06. The van der Waals surface area contributed by atoms with Crippen molar-refractivity contribution < 1.29 is 23.1 Å². The Morgan fingerprint density at radius 1 is 1.33 bits per heavy atom. The Kier molecular flexibility index (Phi) is 4.98. The summed E-state index contributed by atoms with van der Waals surface area (Å²) in [6.07, 6.45) is -4.75. The number of halogens is 4. The van der Waals surface area contributed by atoms with Gasteiger partial charge in [-0.05, 0) is 17.7 Å². The third-order valence-electron chi connectivity index (χ3n) is 2.28. The van der Waals surface area contributed by atoms with Crippen molar-refractivity contribution >= 4 is 17.6 Å². The first kappa shape index (κ1) is 14.8. The minimum Gasteiger partial charge on any atom is -0.481 e. The maximum absolute atomic E-state index is 12.3. The highest BCUT2D eigenvalue weighted by Crippen LogP contribution is 2.25. The van der Waals surface area contributed by atoms with Gasteiger partial charge in [0.15, 0.2) is 5.92 Å². The summed E-state index contributed by atoms with van der Waals surface area (Å²) in [6.45, 7) is -0.515. The molecule has 3 nitrogen and oxygen atoms in total. The Balaban J connectivity index is 2.49. The summed E-state index contributed by atoms with van der Waals surface area (Å²) in [5.41, 5.74) is 0.728. The number of carbonyl (C=O) groups is 1. The van der Waals surface area contributed by atoms with Gasteiger partial charge in [-0.1, -0.05) is 23.7 Å². The SMILES string of the molecule is O=C(O)C(CNCc1ccc(Cl)cc1)C(F)(F)F. The molecule has 0 radical (unpaired) electrons. The van der Waals surface area contributed by atoms with Crippen LogP contribution < -0.4 is 5.32 Å². The number of hydrogen-bond donors (Lipinski definition) is 2. The van der Waals surface area contributed by atoms with Gasteiger partial charge in [-0.3, -0.25) is 4.79 Å². The number of nitrogens with one attached hydrogen (secondary N) is 1. The van der Waals surface area contributed by atoms with Gasteiger partial charge in [0.05, 0.1) is 0 Å². The fraction of sp³-hybridized carbons (Fsp3) is 0.364. The van der Waals surface area contributed by atoms with Crippen LogP contribution in [-0.2, 0) is 11.3 Å². The number of rotatable bonds is 5. The van der Waals surface area contributed by atoms with E-state index in [4.69, 9.17) is 16.7 Å². The van der Waals surface area contributed by atoms with Gasteiger partial charge in [0, 0.05) is 18.1 Å². The van der Waals surface area contributed by atoms with Crippen molar-refractivity contribution in [1.29, 1.82) is 0 Å². The first-order valence-electron chi connectivity index (χ1n) is 5.05. The maximum Gasteiger partial charge on any atom is 0.403 e. The number of hydrogen-bond acceptors (Lipinski definition) is 2. The molecule has 100 valence electrons. The molecule has 1 aromatic rings. The monoisotopic (exact) mass is 281 g/mol. The molecule has 1 rings (SSSR count). The topological polar surface area (TPSA) is 49.3 Å². The lowest BCUT2D eigenvalue weighted by Gasteiger charge is -2.16. The van der Waals surface area contributed by atoms with Crippen LogP contribution in [-0.4, -0.2) is 23.8 Å². The molecule has 0 aliphatic heterocycles. The molecule has 0 heterocycles. The van der Waals surface area contributed by atoms with E-state index in [-0.39, 0.29) is 6.54 Å². The summed E-state index contributed by atoms with van der Waals surface area (Å²) in [5, 5.41) is 11.5. The molecule has 1 atom stereocenters. The van der Waals surface area contributed by atoms with Crippen molar-refractivity contribution in [2.45, 2.75) is 12.7 Å². The van der Waals surface area contributed by atoms with Crippen LogP contribution in [0.5, 0.6) is 0 Å². The minimum atomic E-state index is -4.75. The molecular weight excluding hydrogens is 271 g/mol. The van der Waals surface area contributed by atoms with E-state index >= 15 is 0 Å². The Morgan fingerprint density at radius 2 is 1.89 bits per heavy atom. The standard InChI is InChI=1S/C11H11ClF3NO2/c12-8-3-1-7(2-4-8)5-16-6-9(10(17)18)11(13,14)15/h1-4,9,16H,5-6H2,(H,17,18). The molecule has 0 fully saturated rings. The van der Waals surface area contributed by atoms with Gasteiger partial charge in [-0.2, -0.15) is 13.2 Å². The molecular formula is C11H11ClF3NO2. The second-order valence-corrected chi connectivity index (χ2v) is 4.13. The fourth-order valence-corrected chi connectivity index (χ4v) is 1.43. The highest BCUT2D eigenvalue weighted by molar-refractivity contribution is 6.30. The summed E-state index contributed by atoms with van der Waals surface area (Å²) in [6, 6.07) is 6.52. The molecule has 0 amide bonds. The van der Waals surface area contributed by atoms with E-state index in [0.717, 1.165) is 5.56 Å². The molecule has 0 spiro atoms. The lowest BCUT2D eigenvalue weighted by molar-refractivity contribution is -0.192. The first-order chi connectivity index (χ1) is 8.30. The van der Waals surface area contributed by atoms with E-state index in [2.05, 4.69) is 5.32 Å². The molecule has 0 aliphatic carbocycles. The zero-order chi connectivity index (χ0) is 13.8. The summed E-state index contributed by atoms with van der Waals surface area (Å²) in [7, 11) is 0. The summed E-state index contributed by atoms with van der Waals surface area (Å²) >= 11 is 5.65. The number of benzene rings is 1. The van der Waals surface area contributed by atoms with Crippen LogP contribution in [0.2, 0.25) is 5.02 Å². The lowest BCUT2D eigenvalue weighted by atomic mass is 10.1. The van der Waals surface area contributed by atoms with Gasteiger partial charge in [-0.15, -0.1) is 0 Å². The van der Waals surface area contributed by atoms with Crippen LogP contribution in [0.4, 0.5) is 13.2 Å². The predicted molar refractivity (Wildman–Crippen MR) is 60.3 cm³/mol. The molecule has 0 saturated carbocycles. The van der Waals surface area contributed by atoms with Crippen molar-refractivity contribution in [3.63, 3.8) is 0 Å². The Bertz CT molecular complexity index is 406. The molecule has 0 aliphatic rings. The smallest absolute Gasteiger partial charge is 0.403 e. The lowest BCUT2D eigenvalue weighted by Crippen LogP contribution is -2.38. The highest BCUT2D eigenvalue weighted by atomic mass is 35.5. The molecule has 1 aromatic carbocycles. The van der Waals surface area contributed by atoms with Gasteiger partial charge in [0.2, 0.25) is 0 Å². The van der Waals surface area contributed by atoms with Crippen molar-refractivity contribution in [3.8, 4) is 0 Å². The van der Waals surface area contributed by atoms with Gasteiger partial charge in [0.25, 0.3) is 0 Å². The molecule has 1 unspecified atom stereocenters. The van der Waals surface area contributed by atoms with Crippen LogP contribution in [0, 0.1) is 5.92 Å². The maximum atomic E-state index is 12.3. The fourth-order valence-electron chi connectivity index (χ4n) is 1.31. The van der Waals surface area contributed by atoms with Gasteiger partial charge in [-0.25, -0.2) is 0 Å². The summed E-state index contributed by atoms with van der Waals surface area (Å²) < 4.78 is 36.9. The van der Waals surface area contributed by atoms with Crippen LogP contribution in [0.3, 0.4) is 0 Å². The second-order valence-electron chi connectivity index (χ2n) is 3.69. The van der Waals surface area contributed by atoms with E-state index in [1.54, 1.807) is 24.3 Å². The normalized spacial score (nSPS) is 13.3. The van der Waals surface area contributed by atoms with E-state index in [1.807, 2.05) is 0 Å². The predicted octanol–water partition coefficient (Wildman–Crippen LogP) is 2.69. The molecule has 0 saturated heterocycles. The van der Waals surface area contributed by atoms with Crippen LogP contribution in [0.1, 0.15) is 5.56 Å². The third kappa shape index (κ3) is 4.54. The molecule has 0 aromatic heterocycles. The summed E-state index contributed by atoms with van der Waals surface area (Å²) in [4.78, 5) is 10.5. The number of carboxylic acid groups (broad SMARTS) is 1. The molecule has 0 bridgehead atoms. The molecule has 2 N–H and O–H groups in total. The van der Waals surface area contributed by atoms with Gasteiger partial charge in [0.1, 0.15) is 0 Å². The Morgan fingerprint density at radius 3 is 2.33 bits per heavy atom. The van der Waals surface area contributed by atoms with E-state index < -0.39 is 24.6 Å². The van der Waals surface area contributed by atoms with Crippen molar-refractivity contribution in [2.75, 3.05) is 6.54 Å². The minimum absolute atomic E-state index is 0.150. The van der Waals surface area contributed by atoms with Gasteiger partial charge >= 0.3 is 12.1 Å². The van der Waals surface area contributed by atoms with Crippen LogP contribution in [0.25, 0.3) is 0 Å². The van der Waals surface area contributed by atoms with E-state index in [9.17, 15) is 18.0 Å². The Labute approximate surface area is 107 Å². The van der Waals surface area contributed by atoms with Crippen molar-refractivity contribution in [1.82, 2.24) is 5.32 Å². The largest absolute Gasteiger partial charge is 0.481 e. The van der Waals surface area contributed by atoms with E-state index in [1.165, 1.54) is 0 Å². The average Bonchev–Trinajstić information content (AvgIpc) is 2.24. The molecule has 7 heteroatoms. The van der Waals surface area contributed by atoms with E-state index in [0.29, 0.717) is 5.02 Å². The van der Waals surface area contributed by atoms with Crippen LogP contribution >= 0.6 is 11.6 Å². The van der Waals surface area contributed by atoms with Crippen molar-refractivity contribution in [2.24, 2.45) is 5.92 Å². The number of alkyl halides is 3. The number of aliphatic carboxylic acids is 1. The summed E-state index contributed by atoms with van der Waals surface area (Å²) in [5.74, 6) is -4.28.